The summed E-state index contributed by atoms with van der Waals surface area (Å²) in [6.45, 7) is 5.55. The van der Waals surface area contributed by atoms with E-state index in [0.29, 0.717) is 22.9 Å². The Labute approximate surface area is 152 Å². The van der Waals surface area contributed by atoms with Crippen molar-refractivity contribution < 1.29 is 4.79 Å². The number of aryl methyl sites for hydroxylation is 1. The van der Waals surface area contributed by atoms with E-state index in [1.807, 2.05) is 25.1 Å². The Balaban J connectivity index is 1.64. The Hall–Kier alpha value is -2.91. The highest BCUT2D eigenvalue weighted by Gasteiger charge is 2.17. The molecule has 9 nitrogen and oxygen atoms in total. The van der Waals surface area contributed by atoms with Gasteiger partial charge in [-0.15, -0.1) is 0 Å². The van der Waals surface area contributed by atoms with Crippen LogP contribution in [0.4, 0.5) is 17.3 Å². The maximum absolute atomic E-state index is 12.3. The third-order valence-electron chi connectivity index (χ3n) is 4.34. The summed E-state index contributed by atoms with van der Waals surface area (Å²) in [6, 6.07) is 7.35. The number of aromatic nitrogens is 2. The number of hydrazine groups is 2. The number of nitrogen functional groups attached to an aromatic ring is 1. The smallest absolute Gasteiger partial charge is 0.269 e. The first-order valence-electron chi connectivity index (χ1n) is 8.47. The van der Waals surface area contributed by atoms with Crippen molar-refractivity contribution in [3.63, 3.8) is 0 Å². The molecule has 3 rings (SSSR count). The molecule has 1 aromatic heterocycles. The van der Waals surface area contributed by atoms with Gasteiger partial charge in [-0.05, 0) is 25.6 Å². The fraction of sp³-hybridized carbons (Fsp3) is 0.353. The number of carbonyl (C=O) groups excluding carboxylic acids is 1. The molecule has 0 bridgehead atoms. The van der Waals surface area contributed by atoms with Crippen LogP contribution < -0.4 is 22.0 Å². The van der Waals surface area contributed by atoms with E-state index in [2.05, 4.69) is 43.2 Å². The van der Waals surface area contributed by atoms with Gasteiger partial charge in [0.1, 0.15) is 12.0 Å². The normalized spacial score (nSPS) is 15.5. The quantitative estimate of drug-likeness (QED) is 0.579. The summed E-state index contributed by atoms with van der Waals surface area (Å²) in [5.74, 6) is 0.602. The number of nitrogens with one attached hydrogen (secondary N) is 3. The van der Waals surface area contributed by atoms with Crippen LogP contribution in [0.3, 0.4) is 0 Å². The van der Waals surface area contributed by atoms with E-state index in [1.54, 1.807) is 6.07 Å². The molecule has 1 aliphatic rings. The van der Waals surface area contributed by atoms with E-state index >= 15 is 0 Å². The Bertz CT molecular complexity index is 773. The molecule has 5 N–H and O–H groups in total. The van der Waals surface area contributed by atoms with Crippen molar-refractivity contribution in [2.45, 2.75) is 6.92 Å². The lowest BCUT2D eigenvalue weighted by atomic mass is 10.1. The molecule has 1 amide bonds. The van der Waals surface area contributed by atoms with Crippen LogP contribution >= 0.6 is 0 Å². The Kier molecular flexibility index (Phi) is 5.49. The van der Waals surface area contributed by atoms with Crippen LogP contribution in [-0.4, -0.2) is 59.0 Å². The van der Waals surface area contributed by atoms with Crippen molar-refractivity contribution >= 4 is 23.2 Å². The maximum atomic E-state index is 12.3. The van der Waals surface area contributed by atoms with Gasteiger partial charge >= 0.3 is 0 Å². The zero-order valence-electron chi connectivity index (χ0n) is 15.0. The lowest BCUT2D eigenvalue weighted by Crippen LogP contribution is -2.47. The van der Waals surface area contributed by atoms with E-state index in [9.17, 15) is 4.79 Å². The number of nitrogens with zero attached hydrogens (tertiary/aromatic N) is 4. The number of carbonyl (C=O) groups is 1. The van der Waals surface area contributed by atoms with Crippen molar-refractivity contribution in [3.8, 4) is 0 Å². The number of hydrogen-bond acceptors (Lipinski definition) is 8. The van der Waals surface area contributed by atoms with Crippen LogP contribution in [0.15, 0.2) is 30.6 Å². The largest absolute Gasteiger partial charge is 0.393 e. The predicted molar refractivity (Wildman–Crippen MR) is 101 cm³/mol. The van der Waals surface area contributed by atoms with Gasteiger partial charge in [-0.1, -0.05) is 18.2 Å². The van der Waals surface area contributed by atoms with E-state index in [0.717, 1.165) is 31.7 Å². The highest BCUT2D eigenvalue weighted by atomic mass is 16.2. The molecule has 26 heavy (non-hydrogen) atoms. The molecule has 0 aliphatic carbocycles. The van der Waals surface area contributed by atoms with Crippen LogP contribution in [0, 0.1) is 6.92 Å². The second kappa shape index (κ2) is 7.98. The van der Waals surface area contributed by atoms with Crippen molar-refractivity contribution in [1.29, 1.82) is 0 Å². The first kappa shape index (κ1) is 17.9. The van der Waals surface area contributed by atoms with E-state index in [-0.39, 0.29) is 5.91 Å². The van der Waals surface area contributed by atoms with Crippen LogP contribution in [0.2, 0.25) is 0 Å². The lowest BCUT2D eigenvalue weighted by molar-refractivity contribution is 0.0962. The SMILES string of the molecule is Cc1ccccc1C(=O)NNc1ncnc(NN2CCN(C)CC2)c1N. The third-order valence-corrected chi connectivity index (χ3v) is 4.34. The standard InChI is InChI=1S/C17H24N8O/c1-12-5-3-4-6-13(12)17(26)22-21-15-14(18)16(20-11-19-15)23-25-9-7-24(2)8-10-25/h3-6,11H,7-10,18H2,1-2H3,(H,22,26)(H2,19,20,21,23). The van der Waals surface area contributed by atoms with Gasteiger partial charge in [0.25, 0.3) is 5.91 Å². The zero-order valence-corrected chi connectivity index (χ0v) is 15.0. The monoisotopic (exact) mass is 356 g/mol. The highest BCUT2D eigenvalue weighted by molar-refractivity contribution is 5.96. The number of rotatable bonds is 5. The molecule has 1 fully saturated rings. The molecule has 0 atom stereocenters. The van der Waals surface area contributed by atoms with Gasteiger partial charge in [-0.3, -0.25) is 15.6 Å². The van der Waals surface area contributed by atoms with E-state index in [1.165, 1.54) is 6.33 Å². The molecule has 2 heterocycles. The Morgan fingerprint density at radius 3 is 2.54 bits per heavy atom. The topological polar surface area (TPSA) is 111 Å². The van der Waals surface area contributed by atoms with Crippen molar-refractivity contribution in [2.75, 3.05) is 49.8 Å². The summed E-state index contributed by atoms with van der Waals surface area (Å²) in [7, 11) is 2.09. The molecule has 0 unspecified atom stereocenters. The first-order chi connectivity index (χ1) is 12.5. The number of piperazine rings is 1. The van der Waals surface area contributed by atoms with Crippen LogP contribution in [0.1, 0.15) is 15.9 Å². The average Bonchev–Trinajstić information content (AvgIpc) is 2.64. The molecule has 0 radical (unpaired) electrons. The minimum Gasteiger partial charge on any atom is -0.393 e. The van der Waals surface area contributed by atoms with Gasteiger partial charge in [-0.2, -0.15) is 0 Å². The minimum absolute atomic E-state index is 0.255. The molecule has 9 heteroatoms. The van der Waals surface area contributed by atoms with Crippen molar-refractivity contribution in [1.82, 2.24) is 25.3 Å². The van der Waals surface area contributed by atoms with Gasteiger partial charge in [0.05, 0.1) is 0 Å². The van der Waals surface area contributed by atoms with E-state index in [4.69, 9.17) is 5.73 Å². The second-order valence-corrected chi connectivity index (χ2v) is 6.28. The number of benzene rings is 1. The fourth-order valence-electron chi connectivity index (χ4n) is 2.66. The van der Waals surface area contributed by atoms with Gasteiger partial charge in [0.2, 0.25) is 0 Å². The molecule has 1 saturated heterocycles. The van der Waals surface area contributed by atoms with Crippen LogP contribution in [0.5, 0.6) is 0 Å². The van der Waals surface area contributed by atoms with Gasteiger partial charge in [0.15, 0.2) is 11.6 Å². The minimum atomic E-state index is -0.255. The summed E-state index contributed by atoms with van der Waals surface area (Å²) >= 11 is 0. The molecular weight excluding hydrogens is 332 g/mol. The van der Waals surface area contributed by atoms with Crippen molar-refractivity contribution in [3.05, 3.63) is 41.7 Å². The van der Waals surface area contributed by atoms with Gasteiger partial charge < -0.3 is 16.1 Å². The average molecular weight is 356 g/mol. The van der Waals surface area contributed by atoms with Gasteiger partial charge in [0, 0.05) is 31.7 Å². The number of hydrogen-bond donors (Lipinski definition) is 4. The number of nitrogens with two attached hydrogens (primary N) is 1. The fourth-order valence-corrected chi connectivity index (χ4v) is 2.66. The van der Waals surface area contributed by atoms with Crippen LogP contribution in [0.25, 0.3) is 0 Å². The summed E-state index contributed by atoms with van der Waals surface area (Å²) in [5, 5.41) is 2.06. The number of amides is 1. The number of anilines is 3. The second-order valence-electron chi connectivity index (χ2n) is 6.28. The Morgan fingerprint density at radius 2 is 1.81 bits per heavy atom. The summed E-state index contributed by atoms with van der Waals surface area (Å²) in [6.07, 6.45) is 1.40. The molecule has 1 aromatic carbocycles. The molecular formula is C17H24N8O. The summed E-state index contributed by atoms with van der Waals surface area (Å²) in [4.78, 5) is 22.9. The molecule has 0 saturated carbocycles. The zero-order chi connectivity index (χ0) is 18.5. The van der Waals surface area contributed by atoms with Crippen LogP contribution in [-0.2, 0) is 0 Å². The molecule has 138 valence electrons. The summed E-state index contributed by atoms with van der Waals surface area (Å²) in [5.41, 5.74) is 16.6. The predicted octanol–water partition coefficient (Wildman–Crippen LogP) is 0.698. The maximum Gasteiger partial charge on any atom is 0.269 e. The lowest BCUT2D eigenvalue weighted by Gasteiger charge is -2.32. The molecule has 2 aromatic rings. The highest BCUT2D eigenvalue weighted by Crippen LogP contribution is 2.22. The van der Waals surface area contributed by atoms with Crippen molar-refractivity contribution in [2.24, 2.45) is 0 Å². The molecule has 0 spiro atoms. The van der Waals surface area contributed by atoms with E-state index < -0.39 is 0 Å². The first-order valence-corrected chi connectivity index (χ1v) is 8.47. The van der Waals surface area contributed by atoms with Gasteiger partial charge in [-0.25, -0.2) is 15.0 Å². The Morgan fingerprint density at radius 1 is 1.12 bits per heavy atom. The third kappa shape index (κ3) is 4.19. The number of likely N-dealkylation sites (N-methyl/N-ethyl adjacent to an activating group) is 1. The summed E-state index contributed by atoms with van der Waals surface area (Å²) < 4.78 is 0. The molecule has 1 aliphatic heterocycles.